The number of anilines is 1. The van der Waals surface area contributed by atoms with Gasteiger partial charge >= 0.3 is 5.97 Å². The van der Waals surface area contributed by atoms with Gasteiger partial charge in [-0.3, -0.25) is 19.3 Å². The number of nitrogens with one attached hydrogen (secondary N) is 2. The second-order valence-corrected chi connectivity index (χ2v) is 6.13. The molecule has 8 heteroatoms. The van der Waals surface area contributed by atoms with Gasteiger partial charge in [0.2, 0.25) is 11.8 Å². The number of amides is 2. The Morgan fingerprint density at radius 1 is 1.26 bits per heavy atom. The van der Waals surface area contributed by atoms with Gasteiger partial charge in [-0.05, 0) is 47.4 Å². The molecule has 0 radical (unpaired) electrons. The van der Waals surface area contributed by atoms with Gasteiger partial charge in [0.25, 0.3) is 0 Å². The Bertz CT molecular complexity index is 608. The van der Waals surface area contributed by atoms with Gasteiger partial charge in [-0.2, -0.15) is 0 Å². The number of aliphatic carboxylic acids is 1. The van der Waals surface area contributed by atoms with Crippen LogP contribution in [0.3, 0.4) is 0 Å². The van der Waals surface area contributed by atoms with Crippen LogP contribution >= 0.6 is 15.9 Å². The molecule has 2 amide bonds. The molecule has 0 unspecified atom stereocenters. The van der Waals surface area contributed by atoms with E-state index in [4.69, 9.17) is 5.11 Å². The number of hydrogen-bond donors (Lipinski definition) is 3. The van der Waals surface area contributed by atoms with Gasteiger partial charge in [-0.25, -0.2) is 0 Å². The highest BCUT2D eigenvalue weighted by Gasteiger charge is 2.31. The van der Waals surface area contributed by atoms with E-state index < -0.39 is 12.0 Å². The number of halogens is 1. The van der Waals surface area contributed by atoms with Crippen molar-refractivity contribution in [2.45, 2.75) is 18.9 Å². The molecule has 0 aromatic heterocycles. The predicted octanol–water partition coefficient (Wildman–Crippen LogP) is 1.05. The Kier molecular flexibility index (Phi) is 6.12. The molecule has 7 nitrogen and oxygen atoms in total. The third-order valence-electron chi connectivity index (χ3n) is 3.59. The van der Waals surface area contributed by atoms with Crippen molar-refractivity contribution >= 4 is 39.4 Å². The summed E-state index contributed by atoms with van der Waals surface area (Å²) in [6, 6.07) is 6.54. The van der Waals surface area contributed by atoms with Crippen LogP contribution in [0.5, 0.6) is 0 Å². The first kappa shape index (κ1) is 17.4. The number of benzene rings is 1. The molecule has 1 aliphatic rings. The van der Waals surface area contributed by atoms with Crippen LogP contribution in [0.25, 0.3) is 0 Å². The molecule has 1 aliphatic heterocycles. The lowest BCUT2D eigenvalue weighted by Crippen LogP contribution is -2.44. The number of nitrogens with zero attached hydrogens (tertiary/aromatic N) is 1. The van der Waals surface area contributed by atoms with Gasteiger partial charge in [0.15, 0.2) is 0 Å². The van der Waals surface area contributed by atoms with Crippen molar-refractivity contribution in [3.63, 3.8) is 0 Å². The fourth-order valence-corrected chi connectivity index (χ4v) is 2.86. The smallest absolute Gasteiger partial charge is 0.320 e. The zero-order valence-corrected chi connectivity index (χ0v) is 14.0. The number of carboxylic acid groups (broad SMARTS) is 1. The van der Waals surface area contributed by atoms with Crippen LogP contribution in [0.4, 0.5) is 5.69 Å². The number of likely N-dealkylation sites (tertiary alicyclic amines) is 1. The fourth-order valence-electron chi connectivity index (χ4n) is 2.47. The van der Waals surface area contributed by atoms with E-state index in [1.54, 1.807) is 23.1 Å². The van der Waals surface area contributed by atoms with E-state index in [0.717, 1.165) is 10.9 Å². The molecule has 0 saturated carbocycles. The zero-order chi connectivity index (χ0) is 16.8. The molecular weight excluding hydrogens is 366 g/mol. The van der Waals surface area contributed by atoms with E-state index in [2.05, 4.69) is 26.6 Å². The molecular formula is C15H18BrN3O4. The first-order valence-corrected chi connectivity index (χ1v) is 8.04. The first-order valence-electron chi connectivity index (χ1n) is 7.25. The maximum absolute atomic E-state index is 11.9. The average molecular weight is 384 g/mol. The first-order chi connectivity index (χ1) is 11.0. The second-order valence-electron chi connectivity index (χ2n) is 5.27. The van der Waals surface area contributed by atoms with Crippen molar-refractivity contribution in [1.29, 1.82) is 0 Å². The second kappa shape index (κ2) is 8.07. The van der Waals surface area contributed by atoms with Gasteiger partial charge in [0, 0.05) is 4.47 Å². The largest absolute Gasteiger partial charge is 0.480 e. The molecule has 23 heavy (non-hydrogen) atoms. The Morgan fingerprint density at radius 3 is 2.70 bits per heavy atom. The minimum Gasteiger partial charge on any atom is -0.480 e. The summed E-state index contributed by atoms with van der Waals surface area (Å²) < 4.78 is 0.751. The zero-order valence-electron chi connectivity index (χ0n) is 12.4. The minimum atomic E-state index is -0.915. The van der Waals surface area contributed by atoms with Gasteiger partial charge < -0.3 is 15.7 Å². The quantitative estimate of drug-likeness (QED) is 0.681. The highest BCUT2D eigenvalue weighted by Crippen LogP contribution is 2.20. The summed E-state index contributed by atoms with van der Waals surface area (Å²) in [5.41, 5.74) is 0.622. The normalized spacial score (nSPS) is 17.7. The minimum absolute atomic E-state index is 0.0146. The Labute approximate surface area is 142 Å². The molecule has 124 valence electrons. The number of carbonyl (C=O) groups is 3. The summed E-state index contributed by atoms with van der Waals surface area (Å²) in [4.78, 5) is 36.3. The molecule has 1 fully saturated rings. The molecule has 1 aromatic rings. The van der Waals surface area contributed by atoms with E-state index in [9.17, 15) is 14.4 Å². The van der Waals surface area contributed by atoms with Gasteiger partial charge in [0.1, 0.15) is 6.04 Å². The molecule has 0 aliphatic carbocycles. The number of para-hydroxylation sites is 1. The molecule has 1 aromatic carbocycles. The summed E-state index contributed by atoms with van der Waals surface area (Å²) in [7, 11) is 0. The molecule has 2 rings (SSSR count). The summed E-state index contributed by atoms with van der Waals surface area (Å²) in [5.74, 6) is -1.62. The third-order valence-corrected chi connectivity index (χ3v) is 4.28. The van der Waals surface area contributed by atoms with Crippen LogP contribution in [0.2, 0.25) is 0 Å². The molecule has 0 spiro atoms. The monoisotopic (exact) mass is 383 g/mol. The Hall–Kier alpha value is -1.93. The molecule has 1 atom stereocenters. The van der Waals surface area contributed by atoms with Gasteiger partial charge in [-0.15, -0.1) is 0 Å². The summed E-state index contributed by atoms with van der Waals surface area (Å²) in [6.07, 6.45) is 1.30. The lowest BCUT2D eigenvalue weighted by molar-refractivity contribution is -0.142. The molecule has 1 heterocycles. The van der Waals surface area contributed by atoms with Crippen LogP contribution in [-0.2, 0) is 14.4 Å². The van der Waals surface area contributed by atoms with Gasteiger partial charge in [-0.1, -0.05) is 12.1 Å². The average Bonchev–Trinajstić information content (AvgIpc) is 2.96. The topological polar surface area (TPSA) is 98.7 Å². The maximum atomic E-state index is 11.9. The number of carbonyl (C=O) groups excluding carboxylic acids is 2. The summed E-state index contributed by atoms with van der Waals surface area (Å²) in [5, 5.41) is 14.2. The van der Waals surface area contributed by atoms with Crippen LogP contribution in [0, 0.1) is 0 Å². The molecule has 1 saturated heterocycles. The van der Waals surface area contributed by atoms with Crippen LogP contribution < -0.4 is 10.6 Å². The SMILES string of the molecule is O=C(CN1CCC[C@H]1C(=O)O)NCC(=O)Nc1ccccc1Br. The predicted molar refractivity (Wildman–Crippen MR) is 88.0 cm³/mol. The summed E-state index contributed by atoms with van der Waals surface area (Å²) in [6.45, 7) is 0.401. The van der Waals surface area contributed by atoms with E-state index in [-0.39, 0.29) is 24.9 Å². The fraction of sp³-hybridized carbons (Fsp3) is 0.400. The van der Waals surface area contributed by atoms with Crippen LogP contribution in [-0.4, -0.2) is 53.5 Å². The van der Waals surface area contributed by atoms with Crippen molar-refractivity contribution < 1.29 is 19.5 Å². The van der Waals surface area contributed by atoms with Crippen molar-refractivity contribution in [2.75, 3.05) is 25.0 Å². The number of rotatable bonds is 6. The van der Waals surface area contributed by atoms with E-state index in [0.29, 0.717) is 18.7 Å². The van der Waals surface area contributed by atoms with Crippen molar-refractivity contribution in [3.05, 3.63) is 28.7 Å². The Balaban J connectivity index is 1.77. The van der Waals surface area contributed by atoms with E-state index in [1.165, 1.54) is 0 Å². The maximum Gasteiger partial charge on any atom is 0.320 e. The molecule has 3 N–H and O–H groups in total. The van der Waals surface area contributed by atoms with E-state index in [1.807, 2.05) is 6.07 Å². The third kappa shape index (κ3) is 5.04. The van der Waals surface area contributed by atoms with Crippen LogP contribution in [0.1, 0.15) is 12.8 Å². The van der Waals surface area contributed by atoms with Crippen molar-refractivity contribution in [2.24, 2.45) is 0 Å². The molecule has 0 bridgehead atoms. The summed E-state index contributed by atoms with van der Waals surface area (Å²) >= 11 is 3.32. The number of hydrogen-bond acceptors (Lipinski definition) is 4. The Morgan fingerprint density at radius 2 is 2.00 bits per heavy atom. The van der Waals surface area contributed by atoms with Crippen molar-refractivity contribution in [1.82, 2.24) is 10.2 Å². The lowest BCUT2D eigenvalue weighted by Gasteiger charge is -2.20. The standard InChI is InChI=1S/C15H18BrN3O4/c16-10-4-1-2-5-11(10)18-13(20)8-17-14(21)9-19-7-3-6-12(19)15(22)23/h1-2,4-5,12H,3,6-9H2,(H,17,21)(H,18,20)(H,22,23)/t12-/m0/s1. The van der Waals surface area contributed by atoms with Gasteiger partial charge in [0.05, 0.1) is 18.8 Å². The highest BCUT2D eigenvalue weighted by molar-refractivity contribution is 9.10. The highest BCUT2D eigenvalue weighted by atomic mass is 79.9. The van der Waals surface area contributed by atoms with E-state index >= 15 is 0 Å². The van der Waals surface area contributed by atoms with Crippen LogP contribution in [0.15, 0.2) is 28.7 Å². The number of carboxylic acids is 1. The lowest BCUT2D eigenvalue weighted by atomic mass is 10.2. The van der Waals surface area contributed by atoms with Crippen molar-refractivity contribution in [3.8, 4) is 0 Å².